The highest BCUT2D eigenvalue weighted by Gasteiger charge is 2.17. The first-order valence-electron chi connectivity index (χ1n) is 24.1. The summed E-state index contributed by atoms with van der Waals surface area (Å²) in [4.78, 5) is 4.69. The zero-order chi connectivity index (χ0) is 47.2. The number of benzene rings is 11. The van der Waals surface area contributed by atoms with Crippen molar-refractivity contribution in [3.8, 4) is 66.8 Å². The molecule has 0 amide bonds. The van der Waals surface area contributed by atoms with Crippen molar-refractivity contribution < 1.29 is 0 Å². The third-order valence-electron chi connectivity index (χ3n) is 13.2. The molecule has 0 radical (unpaired) electrons. The van der Waals surface area contributed by atoms with Crippen molar-refractivity contribution in [2.45, 2.75) is 13.8 Å². The van der Waals surface area contributed by atoms with Crippen LogP contribution in [0.1, 0.15) is 11.1 Å². The maximum atomic E-state index is 2.35. The third kappa shape index (κ3) is 9.45. The number of rotatable bonds is 12. The van der Waals surface area contributed by atoms with E-state index in [1.165, 1.54) is 66.8 Å². The Kier molecular flexibility index (Phi) is 12.3. The molecule has 2 nitrogen and oxygen atoms in total. The Morgan fingerprint density at radius 2 is 0.343 bits per heavy atom. The fourth-order valence-electron chi connectivity index (χ4n) is 9.60. The van der Waals surface area contributed by atoms with Crippen LogP contribution in [0.2, 0.25) is 0 Å². The van der Waals surface area contributed by atoms with E-state index in [1.54, 1.807) is 0 Å². The molecule has 2 heteroatoms. The fourth-order valence-corrected chi connectivity index (χ4v) is 9.60. The van der Waals surface area contributed by atoms with Gasteiger partial charge in [0.25, 0.3) is 0 Å². The Balaban J connectivity index is 0.898. The van der Waals surface area contributed by atoms with Gasteiger partial charge in [-0.25, -0.2) is 0 Å². The molecule has 0 saturated carbocycles. The molecule has 334 valence electrons. The molecule has 11 aromatic carbocycles. The first-order valence-corrected chi connectivity index (χ1v) is 24.1. The minimum absolute atomic E-state index is 1.09. The van der Waals surface area contributed by atoms with Crippen LogP contribution < -0.4 is 9.80 Å². The summed E-state index contributed by atoms with van der Waals surface area (Å²) in [6.45, 7) is 4.33. The second kappa shape index (κ2) is 19.7. The standard InChI is InChI=1S/C68H52N2/c1-49-46-50(2)48-62(47-49)61-32-44-68(45-33-61)70(65-38-26-58(27-39-65)55-20-18-54(19-21-55)51-12-6-3-7-13-51)67-42-30-60(31-43-67)59-28-40-66(41-29-59)69(63-34-22-56(23-35-63)52-14-8-4-9-15-52)64-36-24-57(25-37-64)53-16-10-5-11-17-53/h3-48H,1-2H3. The third-order valence-corrected chi connectivity index (χ3v) is 13.2. The highest BCUT2D eigenvalue weighted by molar-refractivity contribution is 5.84. The summed E-state index contributed by atoms with van der Waals surface area (Å²) in [5, 5.41) is 0. The molecule has 0 unspecified atom stereocenters. The van der Waals surface area contributed by atoms with Crippen molar-refractivity contribution in [1.29, 1.82) is 0 Å². The van der Waals surface area contributed by atoms with Gasteiger partial charge in [0.15, 0.2) is 0 Å². The summed E-state index contributed by atoms with van der Waals surface area (Å²) in [5.41, 5.74) is 23.4. The monoisotopic (exact) mass is 896 g/mol. The van der Waals surface area contributed by atoms with E-state index in [9.17, 15) is 0 Å². The average molecular weight is 897 g/mol. The molecule has 0 aromatic heterocycles. The van der Waals surface area contributed by atoms with Crippen molar-refractivity contribution in [3.63, 3.8) is 0 Å². The number of anilines is 6. The van der Waals surface area contributed by atoms with Gasteiger partial charge in [0.1, 0.15) is 0 Å². The minimum Gasteiger partial charge on any atom is -0.311 e. The van der Waals surface area contributed by atoms with Crippen LogP contribution in [0.25, 0.3) is 66.8 Å². The minimum atomic E-state index is 1.09. The second-order valence-electron chi connectivity index (χ2n) is 18.0. The van der Waals surface area contributed by atoms with Gasteiger partial charge in [-0.1, -0.05) is 217 Å². The van der Waals surface area contributed by atoms with Gasteiger partial charge in [-0.05, 0) is 153 Å². The molecule has 0 atom stereocenters. The fraction of sp³-hybridized carbons (Fsp3) is 0.0294. The van der Waals surface area contributed by atoms with E-state index in [0.29, 0.717) is 0 Å². The molecule has 0 aliphatic heterocycles. The molecule has 0 N–H and O–H groups in total. The largest absolute Gasteiger partial charge is 0.311 e. The molecule has 70 heavy (non-hydrogen) atoms. The SMILES string of the molecule is Cc1cc(C)cc(-c2ccc(N(c3ccc(-c4ccc(-c5ccccc5)cc4)cc3)c3ccc(-c4ccc(N(c5ccc(-c6ccccc6)cc5)c5ccc(-c6ccccc6)cc5)cc4)cc3)cc2)c1. The predicted molar refractivity (Wildman–Crippen MR) is 298 cm³/mol. The van der Waals surface area contributed by atoms with Crippen LogP contribution in [-0.2, 0) is 0 Å². The molecule has 0 saturated heterocycles. The van der Waals surface area contributed by atoms with Gasteiger partial charge in [0.2, 0.25) is 0 Å². The Morgan fingerprint density at radius 1 is 0.171 bits per heavy atom. The van der Waals surface area contributed by atoms with Crippen molar-refractivity contribution in [2.75, 3.05) is 9.80 Å². The van der Waals surface area contributed by atoms with Crippen LogP contribution >= 0.6 is 0 Å². The van der Waals surface area contributed by atoms with Gasteiger partial charge in [-0.15, -0.1) is 0 Å². The smallest absolute Gasteiger partial charge is 0.0462 e. The van der Waals surface area contributed by atoms with Crippen molar-refractivity contribution >= 4 is 34.1 Å². The first-order chi connectivity index (χ1) is 34.5. The topological polar surface area (TPSA) is 6.48 Å². The van der Waals surface area contributed by atoms with Crippen molar-refractivity contribution in [1.82, 2.24) is 0 Å². The lowest BCUT2D eigenvalue weighted by Crippen LogP contribution is -2.10. The van der Waals surface area contributed by atoms with E-state index in [0.717, 1.165) is 45.3 Å². The molecular weight excluding hydrogens is 845 g/mol. The van der Waals surface area contributed by atoms with Gasteiger partial charge < -0.3 is 9.80 Å². The van der Waals surface area contributed by atoms with Crippen LogP contribution in [0, 0.1) is 13.8 Å². The second-order valence-corrected chi connectivity index (χ2v) is 18.0. The molecule has 11 rings (SSSR count). The van der Waals surface area contributed by atoms with Crippen LogP contribution in [0.15, 0.2) is 279 Å². The predicted octanol–water partition coefficient (Wildman–Crippen LogP) is 19.2. The number of nitrogens with zero attached hydrogens (tertiary/aromatic N) is 2. The molecule has 0 heterocycles. The zero-order valence-corrected chi connectivity index (χ0v) is 39.5. The van der Waals surface area contributed by atoms with Gasteiger partial charge in [-0.3, -0.25) is 0 Å². The summed E-state index contributed by atoms with van der Waals surface area (Å²) in [5.74, 6) is 0. The highest BCUT2D eigenvalue weighted by Crippen LogP contribution is 2.40. The molecule has 0 fully saturated rings. The van der Waals surface area contributed by atoms with E-state index in [-0.39, 0.29) is 0 Å². The van der Waals surface area contributed by atoms with E-state index in [4.69, 9.17) is 0 Å². The number of hydrogen-bond acceptors (Lipinski definition) is 2. The highest BCUT2D eigenvalue weighted by atomic mass is 15.1. The first kappa shape index (κ1) is 43.6. The van der Waals surface area contributed by atoms with E-state index >= 15 is 0 Å². The van der Waals surface area contributed by atoms with Crippen molar-refractivity contribution in [2.24, 2.45) is 0 Å². The van der Waals surface area contributed by atoms with E-state index < -0.39 is 0 Å². The Hall–Kier alpha value is -8.98. The molecule has 0 aliphatic carbocycles. The van der Waals surface area contributed by atoms with Crippen molar-refractivity contribution in [3.05, 3.63) is 290 Å². The lowest BCUT2D eigenvalue weighted by molar-refractivity contribution is 1.28. The van der Waals surface area contributed by atoms with Crippen LogP contribution in [0.5, 0.6) is 0 Å². The van der Waals surface area contributed by atoms with Gasteiger partial charge in [-0.2, -0.15) is 0 Å². The van der Waals surface area contributed by atoms with Gasteiger partial charge in [0, 0.05) is 34.1 Å². The molecule has 0 bridgehead atoms. The maximum absolute atomic E-state index is 2.35. The zero-order valence-electron chi connectivity index (χ0n) is 39.5. The summed E-state index contributed by atoms with van der Waals surface area (Å²) in [6, 6.07) is 101. The lowest BCUT2D eigenvalue weighted by Gasteiger charge is -2.27. The van der Waals surface area contributed by atoms with Crippen LogP contribution in [-0.4, -0.2) is 0 Å². The quantitative estimate of drug-likeness (QED) is 0.121. The summed E-state index contributed by atoms with van der Waals surface area (Å²) < 4.78 is 0. The van der Waals surface area contributed by atoms with Crippen LogP contribution in [0.3, 0.4) is 0 Å². The number of aryl methyl sites for hydroxylation is 2. The van der Waals surface area contributed by atoms with Gasteiger partial charge in [0.05, 0.1) is 0 Å². The Morgan fingerprint density at radius 3 is 0.557 bits per heavy atom. The van der Waals surface area contributed by atoms with E-state index in [2.05, 4.69) is 303 Å². The molecular formula is C68H52N2. The maximum Gasteiger partial charge on any atom is 0.0462 e. The summed E-state index contributed by atoms with van der Waals surface area (Å²) >= 11 is 0. The average Bonchev–Trinajstić information content (AvgIpc) is 3.43. The summed E-state index contributed by atoms with van der Waals surface area (Å²) in [7, 11) is 0. The molecule has 0 aliphatic rings. The van der Waals surface area contributed by atoms with Gasteiger partial charge >= 0.3 is 0 Å². The molecule has 11 aromatic rings. The van der Waals surface area contributed by atoms with E-state index in [1.807, 2.05) is 0 Å². The lowest BCUT2D eigenvalue weighted by atomic mass is 9.99. The number of hydrogen-bond donors (Lipinski definition) is 0. The van der Waals surface area contributed by atoms with Crippen LogP contribution in [0.4, 0.5) is 34.1 Å². The molecule has 0 spiro atoms. The Bertz CT molecular complexity index is 3350. The Labute approximate surface area is 412 Å². The summed E-state index contributed by atoms with van der Waals surface area (Å²) in [6.07, 6.45) is 0. The normalized spacial score (nSPS) is 11.0.